The first-order valence-electron chi connectivity index (χ1n) is 5.42. The zero-order valence-electron chi connectivity index (χ0n) is 9.79. The molecule has 0 aliphatic carbocycles. The smallest absolute Gasteiger partial charge is 0.284 e. The van der Waals surface area contributed by atoms with Gasteiger partial charge in [-0.15, -0.1) is 0 Å². The first-order valence-corrected chi connectivity index (χ1v) is 7.07. The van der Waals surface area contributed by atoms with Gasteiger partial charge in [-0.3, -0.25) is 4.72 Å². The zero-order chi connectivity index (χ0) is 13.8. The number of anilines is 1. The Morgan fingerprint density at radius 2 is 1.72 bits per heavy atom. The van der Waals surface area contributed by atoms with Crippen LogP contribution in [-0.4, -0.2) is 14.2 Å². The first kappa shape index (κ1) is 14.8. The first-order chi connectivity index (χ1) is 8.24. The van der Waals surface area contributed by atoms with Crippen molar-refractivity contribution in [3.05, 3.63) is 29.8 Å². The lowest BCUT2D eigenvalue weighted by Gasteiger charge is -2.09. The lowest BCUT2D eigenvalue weighted by Crippen LogP contribution is -2.16. The second kappa shape index (κ2) is 5.60. The van der Waals surface area contributed by atoms with Crippen LogP contribution in [0, 0.1) is 0 Å². The molecule has 3 nitrogen and oxygen atoms in total. The maximum Gasteiger partial charge on any atom is 0.416 e. The maximum atomic E-state index is 12.3. The van der Waals surface area contributed by atoms with Crippen molar-refractivity contribution in [2.75, 3.05) is 10.5 Å². The minimum Gasteiger partial charge on any atom is -0.284 e. The number of sulfonamides is 1. The number of unbranched alkanes of at least 4 members (excludes halogenated alkanes) is 1. The van der Waals surface area contributed by atoms with Crippen LogP contribution < -0.4 is 4.72 Å². The minimum absolute atomic E-state index is 0.0372. The number of alkyl halides is 3. The third kappa shape index (κ3) is 4.56. The van der Waals surface area contributed by atoms with E-state index in [1.54, 1.807) is 0 Å². The van der Waals surface area contributed by atoms with E-state index in [1.807, 2.05) is 6.92 Å². The number of hydrogen-bond acceptors (Lipinski definition) is 2. The lowest BCUT2D eigenvalue weighted by atomic mass is 10.2. The van der Waals surface area contributed by atoms with Crippen LogP contribution in [0.5, 0.6) is 0 Å². The standard InChI is InChI=1S/C11H14F3NO2S/c1-2-3-8-18(16,17)15-10-6-4-9(5-7-10)11(12,13)14/h4-7,15H,2-3,8H2,1H3. The molecule has 0 bridgehead atoms. The summed E-state index contributed by atoms with van der Waals surface area (Å²) in [5, 5.41) is 0. The monoisotopic (exact) mass is 281 g/mol. The summed E-state index contributed by atoms with van der Waals surface area (Å²) in [6.07, 6.45) is -3.18. The van der Waals surface area contributed by atoms with Crippen LogP contribution in [0.2, 0.25) is 0 Å². The van der Waals surface area contributed by atoms with E-state index in [4.69, 9.17) is 0 Å². The van der Waals surface area contributed by atoms with E-state index in [-0.39, 0.29) is 11.4 Å². The SMILES string of the molecule is CCCCS(=O)(=O)Nc1ccc(C(F)(F)F)cc1. The Morgan fingerprint density at radius 3 is 2.17 bits per heavy atom. The average molecular weight is 281 g/mol. The van der Waals surface area contributed by atoms with Crippen molar-refractivity contribution in [3.8, 4) is 0 Å². The molecule has 0 radical (unpaired) electrons. The fourth-order valence-electron chi connectivity index (χ4n) is 1.29. The fourth-order valence-corrected chi connectivity index (χ4v) is 2.56. The highest BCUT2D eigenvalue weighted by atomic mass is 32.2. The Morgan fingerprint density at radius 1 is 1.17 bits per heavy atom. The van der Waals surface area contributed by atoms with Crippen LogP contribution in [0.25, 0.3) is 0 Å². The summed E-state index contributed by atoms with van der Waals surface area (Å²) in [5.74, 6) is -0.0372. The van der Waals surface area contributed by atoms with E-state index < -0.39 is 21.8 Å². The molecule has 0 unspecified atom stereocenters. The van der Waals surface area contributed by atoms with E-state index in [0.717, 1.165) is 30.7 Å². The molecular formula is C11H14F3NO2S. The summed E-state index contributed by atoms with van der Waals surface area (Å²) in [6, 6.07) is 3.90. The number of benzene rings is 1. The molecule has 0 aromatic heterocycles. The fraction of sp³-hybridized carbons (Fsp3) is 0.455. The van der Waals surface area contributed by atoms with Gasteiger partial charge in [0.15, 0.2) is 0 Å². The van der Waals surface area contributed by atoms with Crippen LogP contribution in [0.15, 0.2) is 24.3 Å². The van der Waals surface area contributed by atoms with Gasteiger partial charge in [0.05, 0.1) is 11.3 Å². The number of rotatable bonds is 5. The molecule has 0 saturated carbocycles. The van der Waals surface area contributed by atoms with E-state index in [9.17, 15) is 21.6 Å². The van der Waals surface area contributed by atoms with Gasteiger partial charge in [0, 0.05) is 5.69 Å². The molecule has 102 valence electrons. The van der Waals surface area contributed by atoms with Crippen LogP contribution in [0.1, 0.15) is 25.3 Å². The molecule has 0 aliphatic heterocycles. The Balaban J connectivity index is 2.75. The van der Waals surface area contributed by atoms with Gasteiger partial charge < -0.3 is 0 Å². The molecule has 1 rings (SSSR count). The van der Waals surface area contributed by atoms with Crippen molar-refractivity contribution in [2.45, 2.75) is 25.9 Å². The van der Waals surface area contributed by atoms with Crippen LogP contribution in [0.4, 0.5) is 18.9 Å². The highest BCUT2D eigenvalue weighted by Gasteiger charge is 2.30. The second-order valence-corrected chi connectivity index (χ2v) is 5.69. The summed E-state index contributed by atoms with van der Waals surface area (Å²) < 4.78 is 62.1. The highest BCUT2D eigenvalue weighted by Crippen LogP contribution is 2.29. The van der Waals surface area contributed by atoms with Gasteiger partial charge in [0.1, 0.15) is 0 Å². The van der Waals surface area contributed by atoms with Gasteiger partial charge in [-0.2, -0.15) is 13.2 Å². The number of nitrogens with one attached hydrogen (secondary N) is 1. The summed E-state index contributed by atoms with van der Waals surface area (Å²) in [4.78, 5) is 0. The molecular weight excluding hydrogens is 267 g/mol. The van der Waals surface area contributed by atoms with Crippen LogP contribution in [0.3, 0.4) is 0 Å². The summed E-state index contributed by atoms with van der Waals surface area (Å²) in [6.45, 7) is 1.85. The molecule has 0 amide bonds. The third-order valence-electron chi connectivity index (χ3n) is 2.25. The van der Waals surface area contributed by atoms with Gasteiger partial charge in [0.2, 0.25) is 10.0 Å². The van der Waals surface area contributed by atoms with E-state index in [0.29, 0.717) is 6.42 Å². The Kier molecular flexibility index (Phi) is 4.61. The molecule has 0 aliphatic rings. The predicted octanol–water partition coefficient (Wildman–Crippen LogP) is 3.25. The highest BCUT2D eigenvalue weighted by molar-refractivity contribution is 7.92. The summed E-state index contributed by atoms with van der Waals surface area (Å²) in [5.41, 5.74) is -0.668. The topological polar surface area (TPSA) is 46.2 Å². The molecule has 18 heavy (non-hydrogen) atoms. The summed E-state index contributed by atoms with van der Waals surface area (Å²) >= 11 is 0. The van der Waals surface area contributed by atoms with Crippen molar-refractivity contribution in [1.82, 2.24) is 0 Å². The third-order valence-corrected chi connectivity index (χ3v) is 3.63. The maximum absolute atomic E-state index is 12.3. The zero-order valence-corrected chi connectivity index (χ0v) is 10.6. The minimum atomic E-state index is -4.42. The molecule has 0 fully saturated rings. The van der Waals surface area contributed by atoms with Crippen molar-refractivity contribution < 1.29 is 21.6 Å². The lowest BCUT2D eigenvalue weighted by molar-refractivity contribution is -0.137. The number of hydrogen-bond donors (Lipinski definition) is 1. The van der Waals surface area contributed by atoms with E-state index >= 15 is 0 Å². The van der Waals surface area contributed by atoms with Crippen molar-refractivity contribution in [1.29, 1.82) is 0 Å². The predicted molar refractivity (Wildman–Crippen MR) is 63.8 cm³/mol. The average Bonchev–Trinajstić information content (AvgIpc) is 2.25. The largest absolute Gasteiger partial charge is 0.416 e. The summed E-state index contributed by atoms with van der Waals surface area (Å²) in [7, 11) is -3.48. The Bertz CT molecular complexity index is 480. The Hall–Kier alpha value is -1.24. The molecule has 1 N–H and O–H groups in total. The second-order valence-electron chi connectivity index (χ2n) is 3.85. The normalized spacial score (nSPS) is 12.4. The van der Waals surface area contributed by atoms with E-state index in [1.165, 1.54) is 0 Å². The van der Waals surface area contributed by atoms with Crippen molar-refractivity contribution in [3.63, 3.8) is 0 Å². The van der Waals surface area contributed by atoms with Gasteiger partial charge >= 0.3 is 6.18 Å². The Labute approximate surface area is 104 Å². The van der Waals surface area contributed by atoms with Crippen molar-refractivity contribution >= 4 is 15.7 Å². The molecule has 1 aromatic carbocycles. The van der Waals surface area contributed by atoms with Crippen molar-refractivity contribution in [2.24, 2.45) is 0 Å². The van der Waals surface area contributed by atoms with Gasteiger partial charge in [-0.1, -0.05) is 13.3 Å². The van der Waals surface area contributed by atoms with Gasteiger partial charge in [-0.25, -0.2) is 8.42 Å². The molecule has 0 spiro atoms. The van der Waals surface area contributed by atoms with Crippen LogP contribution >= 0.6 is 0 Å². The number of halogens is 3. The van der Waals surface area contributed by atoms with Gasteiger partial charge in [0.25, 0.3) is 0 Å². The molecule has 0 atom stereocenters. The molecule has 1 aromatic rings. The van der Waals surface area contributed by atoms with E-state index in [2.05, 4.69) is 4.72 Å². The molecule has 0 heterocycles. The van der Waals surface area contributed by atoms with Gasteiger partial charge in [-0.05, 0) is 30.7 Å². The molecule has 0 saturated heterocycles. The molecule has 7 heteroatoms. The van der Waals surface area contributed by atoms with Crippen LogP contribution in [-0.2, 0) is 16.2 Å². The quantitative estimate of drug-likeness (QED) is 0.900.